The van der Waals surface area contributed by atoms with E-state index < -0.39 is 20.2 Å². The van der Waals surface area contributed by atoms with E-state index in [9.17, 15) is 14.9 Å². The van der Waals surface area contributed by atoms with Gasteiger partial charge in [-0.15, -0.1) is 11.8 Å². The number of thioether (sulfide) groups is 1. The molecule has 0 radical (unpaired) electrons. The molecule has 1 aromatic heterocycles. The number of carbonyl (C=O) groups excluding carboxylic acids is 2. The van der Waals surface area contributed by atoms with Crippen molar-refractivity contribution in [3.8, 4) is 11.8 Å². The molecule has 11 heteroatoms. The average molecular weight is 694 g/mol. The van der Waals surface area contributed by atoms with E-state index in [0.29, 0.717) is 11.5 Å². The van der Waals surface area contributed by atoms with Crippen LogP contribution in [-0.2, 0) is 32.4 Å². The number of hydrogen-bond acceptors (Lipinski definition) is 7. The molecule has 8 nitrogen and oxygen atoms in total. The van der Waals surface area contributed by atoms with Gasteiger partial charge in [-0.3, -0.25) is 4.79 Å². The first kappa shape index (κ1) is 32.1. The Kier molecular flexibility index (Phi) is 10.8. The zero-order valence-electron chi connectivity index (χ0n) is 23.7. The van der Waals surface area contributed by atoms with Gasteiger partial charge in [0.15, 0.2) is 20.7 Å². The quantitative estimate of drug-likeness (QED) is 0.0874. The number of hydrogen-bond donors (Lipinski definition) is 0. The molecule has 0 aliphatic carbocycles. The van der Waals surface area contributed by atoms with Crippen LogP contribution >= 0.6 is 11.8 Å². The molecule has 40 heavy (non-hydrogen) atoms. The van der Waals surface area contributed by atoms with E-state index in [1.54, 1.807) is 23.8 Å². The molecule has 0 unspecified atom stereocenters. The third-order valence-corrected chi connectivity index (χ3v) is 9.15. The van der Waals surface area contributed by atoms with Crippen molar-refractivity contribution in [3.05, 3.63) is 65.6 Å². The van der Waals surface area contributed by atoms with Gasteiger partial charge in [0.05, 0.1) is 31.2 Å². The van der Waals surface area contributed by atoms with Crippen LogP contribution in [0, 0.1) is 23.2 Å². The predicted octanol–water partition coefficient (Wildman–Crippen LogP) is 1.22. The maximum atomic E-state index is 13.6. The van der Waals surface area contributed by atoms with E-state index in [0.717, 1.165) is 16.0 Å². The van der Waals surface area contributed by atoms with E-state index in [1.165, 1.54) is 0 Å². The number of esters is 1. The number of rotatable bonds is 11. The summed E-state index contributed by atoms with van der Waals surface area (Å²) in [5, 5.41) is 9.75. The Morgan fingerprint density at radius 2 is 1.82 bits per heavy atom. The second-order valence-electron chi connectivity index (χ2n) is 10.9. The number of fused-ring (bicyclic) bond motifs is 1. The van der Waals surface area contributed by atoms with Crippen molar-refractivity contribution in [1.82, 2.24) is 4.90 Å². The van der Waals surface area contributed by atoms with Gasteiger partial charge < -0.3 is 42.8 Å². The number of nitrogens with zero attached hydrogens (tertiary/aromatic N) is 3. The van der Waals surface area contributed by atoms with Crippen LogP contribution in [0.4, 0.5) is 0 Å². The topological polar surface area (TPSA) is 92.7 Å². The molecule has 214 valence electrons. The highest BCUT2D eigenvalue weighted by atomic mass is 127. The first-order chi connectivity index (χ1) is 18.5. The Morgan fingerprint density at radius 1 is 1.18 bits per heavy atom. The van der Waals surface area contributed by atoms with Gasteiger partial charge in [0.25, 0.3) is 0 Å². The second kappa shape index (κ2) is 13.5. The fourth-order valence-electron chi connectivity index (χ4n) is 5.30. The van der Waals surface area contributed by atoms with Gasteiger partial charge in [0.1, 0.15) is 25.1 Å². The highest BCUT2D eigenvalue weighted by Gasteiger charge is 2.61. The van der Waals surface area contributed by atoms with E-state index in [2.05, 4.69) is 25.7 Å². The van der Waals surface area contributed by atoms with Crippen molar-refractivity contribution < 1.29 is 52.0 Å². The third-order valence-electron chi connectivity index (χ3n) is 7.01. The summed E-state index contributed by atoms with van der Waals surface area (Å²) in [6, 6.07) is 13.3. The van der Waals surface area contributed by atoms with Crippen molar-refractivity contribution in [2.45, 2.75) is 56.6 Å². The van der Waals surface area contributed by atoms with Gasteiger partial charge in [-0.2, -0.15) is 5.26 Å². The van der Waals surface area contributed by atoms with Crippen LogP contribution in [0.2, 0.25) is 19.6 Å². The fourth-order valence-corrected chi connectivity index (χ4v) is 7.55. The van der Waals surface area contributed by atoms with Gasteiger partial charge in [-0.25, -0.2) is 9.36 Å². The Hall–Kier alpha value is -2.40. The molecule has 3 heterocycles. The van der Waals surface area contributed by atoms with Crippen LogP contribution in [0.15, 0.2) is 65.0 Å². The lowest BCUT2D eigenvalue weighted by atomic mass is 9.76. The minimum absolute atomic E-state index is 0. The summed E-state index contributed by atoms with van der Waals surface area (Å²) < 4.78 is 19.2. The summed E-state index contributed by atoms with van der Waals surface area (Å²) in [6.07, 6.45) is 3.83. The average Bonchev–Trinajstić information content (AvgIpc) is 3.15. The monoisotopic (exact) mass is 693 g/mol. The highest BCUT2D eigenvalue weighted by Crippen LogP contribution is 2.50. The number of nitriles is 1. The van der Waals surface area contributed by atoms with Gasteiger partial charge >= 0.3 is 5.97 Å². The molecular formula is C29H36IN3O5SSi. The van der Waals surface area contributed by atoms with Crippen LogP contribution in [0.1, 0.15) is 18.9 Å². The molecule has 0 bridgehead atoms. The summed E-state index contributed by atoms with van der Waals surface area (Å²) in [7, 11) is 1.64. The Morgan fingerprint density at radius 3 is 2.40 bits per heavy atom. The SMILES string of the molecule is COc1ccc(COC(=O)C2=C(CSc3cc[n+](C)cc3)[C@H](CC#N)[C@@H]3[C@@H]([C@@H](C)O[Si](C)(C)C)C(=O)N23)cc1.[I-]. The number of aromatic nitrogens is 1. The minimum Gasteiger partial charge on any atom is -1.00 e. The number of methoxy groups -OCH3 is 1. The summed E-state index contributed by atoms with van der Waals surface area (Å²) in [4.78, 5) is 29.7. The standard InChI is InChI=1S/C29H36N3O5SSi.HI/c1-19(37-39(4,5)6)25-26-23(11-14-30)24(18-38-22-12-15-31(2)16-13-22)27(32(26)28(25)33)29(34)36-17-20-7-9-21(35-3)10-8-20;/h7-10,12-13,15-16,19,23,25-26H,11,17-18H2,1-6H3;1H/q+1;/p-1/t19-,23+,25-,26-;/m1./s1. The van der Waals surface area contributed by atoms with Crippen molar-refractivity contribution in [2.24, 2.45) is 18.9 Å². The number of carbonyl (C=O) groups is 2. The van der Waals surface area contributed by atoms with Crippen LogP contribution in [0.25, 0.3) is 0 Å². The zero-order chi connectivity index (χ0) is 28.3. The summed E-state index contributed by atoms with van der Waals surface area (Å²) in [6.45, 7) is 8.27. The number of β-lactam (4-membered cyclic amide) rings is 1. The largest absolute Gasteiger partial charge is 1.00 e. The minimum atomic E-state index is -1.91. The molecule has 1 fully saturated rings. The van der Waals surface area contributed by atoms with Crippen molar-refractivity contribution in [3.63, 3.8) is 0 Å². The Balaban J connectivity index is 0.00000441. The summed E-state index contributed by atoms with van der Waals surface area (Å²) in [5.74, 6) is -0.164. The van der Waals surface area contributed by atoms with Crippen LogP contribution in [0.5, 0.6) is 5.75 Å². The summed E-state index contributed by atoms with van der Waals surface area (Å²) in [5.41, 5.74) is 1.88. The van der Waals surface area contributed by atoms with Crippen molar-refractivity contribution in [2.75, 3.05) is 12.9 Å². The predicted molar refractivity (Wildman–Crippen MR) is 150 cm³/mol. The lowest BCUT2D eigenvalue weighted by molar-refractivity contribution is -0.671. The molecule has 1 amide bonds. The fraction of sp³-hybridized carbons (Fsp3) is 0.448. The first-order valence-corrected chi connectivity index (χ1v) is 17.4. The lowest BCUT2D eigenvalue weighted by Crippen LogP contribution is -3.00. The number of halogens is 1. The molecule has 4 atom stereocenters. The molecule has 0 N–H and O–H groups in total. The lowest BCUT2D eigenvalue weighted by Gasteiger charge is -2.49. The van der Waals surface area contributed by atoms with E-state index in [-0.39, 0.29) is 66.7 Å². The van der Waals surface area contributed by atoms with Crippen LogP contribution in [0.3, 0.4) is 0 Å². The van der Waals surface area contributed by atoms with E-state index >= 15 is 0 Å². The maximum absolute atomic E-state index is 13.6. The van der Waals surface area contributed by atoms with Crippen LogP contribution < -0.4 is 33.3 Å². The molecule has 0 spiro atoms. The number of benzene rings is 1. The highest BCUT2D eigenvalue weighted by molar-refractivity contribution is 7.99. The van der Waals surface area contributed by atoms with Crippen molar-refractivity contribution in [1.29, 1.82) is 5.26 Å². The third kappa shape index (κ3) is 7.08. The van der Waals surface area contributed by atoms with Gasteiger partial charge in [0, 0.05) is 35.1 Å². The smallest absolute Gasteiger partial charge is 0.355 e. The van der Waals surface area contributed by atoms with Crippen LogP contribution in [-0.4, -0.2) is 50.1 Å². The molecular weight excluding hydrogens is 657 g/mol. The molecule has 1 saturated heterocycles. The molecule has 0 saturated carbocycles. The maximum Gasteiger partial charge on any atom is 0.355 e. The van der Waals surface area contributed by atoms with E-state index in [4.69, 9.17) is 13.9 Å². The molecule has 1 aromatic carbocycles. The Bertz CT molecular complexity index is 1290. The van der Waals surface area contributed by atoms with Crippen molar-refractivity contribution >= 4 is 32.0 Å². The number of aryl methyl sites for hydroxylation is 1. The normalized spacial score (nSPS) is 20.7. The second-order valence-corrected chi connectivity index (χ2v) is 16.4. The molecule has 2 aliphatic rings. The molecule has 2 aliphatic heterocycles. The Labute approximate surface area is 258 Å². The first-order valence-electron chi connectivity index (χ1n) is 13.0. The van der Waals surface area contributed by atoms with Gasteiger partial charge in [-0.05, 0) is 49.8 Å². The number of ether oxygens (including phenoxy) is 2. The van der Waals surface area contributed by atoms with Gasteiger partial charge in [0.2, 0.25) is 5.91 Å². The number of pyridine rings is 1. The number of amides is 1. The van der Waals surface area contributed by atoms with E-state index in [1.807, 2.05) is 67.3 Å². The molecule has 2 aromatic rings. The molecule has 4 rings (SSSR count). The zero-order valence-corrected chi connectivity index (χ0v) is 27.7. The summed E-state index contributed by atoms with van der Waals surface area (Å²) >= 11 is 1.58. The van der Waals surface area contributed by atoms with Gasteiger partial charge in [-0.1, -0.05) is 12.1 Å².